The van der Waals surface area contributed by atoms with Crippen LogP contribution in [0.5, 0.6) is 0 Å². The quantitative estimate of drug-likeness (QED) is 0.318. The standard InChI is InChI=1S/C29H32N2O2/c1-4-33-29(32)28-19-26-18-24(17-21(2)30-22(3)25-13-9-6-10-14-25)15-16-27(26)31(28)20-23-11-7-5-8-12-23/h5-16,18-19,21-22,30H,4,17,20H2,1-3H3/t21-,22-/m1/s1. The lowest BCUT2D eigenvalue weighted by atomic mass is 10.0. The highest BCUT2D eigenvalue weighted by Gasteiger charge is 2.18. The molecule has 0 saturated carbocycles. The topological polar surface area (TPSA) is 43.3 Å². The van der Waals surface area contributed by atoms with Gasteiger partial charge in [0.25, 0.3) is 0 Å². The lowest BCUT2D eigenvalue weighted by Gasteiger charge is -2.20. The third kappa shape index (κ3) is 5.52. The monoisotopic (exact) mass is 440 g/mol. The van der Waals surface area contributed by atoms with Crippen LogP contribution in [0.25, 0.3) is 10.9 Å². The Morgan fingerprint density at radius 2 is 1.61 bits per heavy atom. The Kier molecular flexibility index (Phi) is 7.26. The molecule has 3 aromatic carbocycles. The molecule has 0 aliphatic rings. The minimum atomic E-state index is -0.280. The van der Waals surface area contributed by atoms with Gasteiger partial charge < -0.3 is 14.6 Å². The van der Waals surface area contributed by atoms with Gasteiger partial charge in [-0.25, -0.2) is 4.79 Å². The minimum Gasteiger partial charge on any atom is -0.461 e. The van der Waals surface area contributed by atoms with Crippen molar-refractivity contribution in [2.24, 2.45) is 0 Å². The van der Waals surface area contributed by atoms with Crippen LogP contribution >= 0.6 is 0 Å². The molecular weight excluding hydrogens is 408 g/mol. The van der Waals surface area contributed by atoms with Crippen molar-refractivity contribution >= 4 is 16.9 Å². The van der Waals surface area contributed by atoms with E-state index in [1.54, 1.807) is 0 Å². The normalized spacial score (nSPS) is 13.1. The second kappa shape index (κ2) is 10.5. The highest BCUT2D eigenvalue weighted by Crippen LogP contribution is 2.25. The predicted octanol–water partition coefficient (Wildman–Crippen LogP) is 6.15. The van der Waals surface area contributed by atoms with Crippen LogP contribution in [-0.2, 0) is 17.7 Å². The SMILES string of the molecule is CCOC(=O)c1cc2cc(C[C@@H](C)N[C@H](C)c3ccccc3)ccc2n1Cc1ccccc1. The van der Waals surface area contributed by atoms with Gasteiger partial charge in [-0.1, -0.05) is 66.7 Å². The summed E-state index contributed by atoms with van der Waals surface area (Å²) >= 11 is 0. The van der Waals surface area contributed by atoms with E-state index in [1.165, 1.54) is 11.1 Å². The summed E-state index contributed by atoms with van der Waals surface area (Å²) in [4.78, 5) is 12.7. The van der Waals surface area contributed by atoms with E-state index in [0.717, 1.165) is 22.9 Å². The van der Waals surface area contributed by atoms with Gasteiger partial charge in [0.15, 0.2) is 0 Å². The van der Waals surface area contributed by atoms with E-state index in [2.05, 4.69) is 78.3 Å². The summed E-state index contributed by atoms with van der Waals surface area (Å²) in [6, 6.07) is 29.8. The van der Waals surface area contributed by atoms with Gasteiger partial charge in [0.05, 0.1) is 6.61 Å². The van der Waals surface area contributed by atoms with E-state index < -0.39 is 0 Å². The number of ether oxygens (including phenoxy) is 1. The zero-order valence-electron chi connectivity index (χ0n) is 19.6. The van der Waals surface area contributed by atoms with Crippen LogP contribution in [0.1, 0.15) is 54.0 Å². The molecule has 0 spiro atoms. The van der Waals surface area contributed by atoms with Crippen molar-refractivity contribution < 1.29 is 9.53 Å². The Morgan fingerprint density at radius 3 is 2.30 bits per heavy atom. The van der Waals surface area contributed by atoms with Gasteiger partial charge in [-0.15, -0.1) is 0 Å². The number of hydrogen-bond acceptors (Lipinski definition) is 3. The number of hydrogen-bond donors (Lipinski definition) is 1. The molecule has 0 unspecified atom stereocenters. The van der Waals surface area contributed by atoms with Gasteiger partial charge in [0.2, 0.25) is 0 Å². The molecule has 0 radical (unpaired) electrons. The first-order valence-electron chi connectivity index (χ1n) is 11.7. The van der Waals surface area contributed by atoms with Crippen molar-refractivity contribution in [1.29, 1.82) is 0 Å². The van der Waals surface area contributed by atoms with Crippen LogP contribution < -0.4 is 5.32 Å². The Morgan fingerprint density at radius 1 is 0.909 bits per heavy atom. The summed E-state index contributed by atoms with van der Waals surface area (Å²) < 4.78 is 7.41. The smallest absolute Gasteiger partial charge is 0.354 e. The number of benzene rings is 3. The highest BCUT2D eigenvalue weighted by molar-refractivity contribution is 5.96. The lowest BCUT2D eigenvalue weighted by molar-refractivity contribution is 0.0515. The largest absolute Gasteiger partial charge is 0.461 e. The summed E-state index contributed by atoms with van der Waals surface area (Å²) in [5.74, 6) is -0.280. The van der Waals surface area contributed by atoms with Gasteiger partial charge in [0, 0.05) is 29.5 Å². The summed E-state index contributed by atoms with van der Waals surface area (Å²) in [6.45, 7) is 7.24. The molecule has 0 fully saturated rings. The molecule has 4 aromatic rings. The molecule has 4 heteroatoms. The fourth-order valence-electron chi connectivity index (χ4n) is 4.44. The van der Waals surface area contributed by atoms with Crippen molar-refractivity contribution in [3.05, 3.63) is 107 Å². The molecule has 4 nitrogen and oxygen atoms in total. The fraction of sp³-hybridized carbons (Fsp3) is 0.276. The third-order valence-electron chi connectivity index (χ3n) is 6.01. The summed E-state index contributed by atoms with van der Waals surface area (Å²) in [5.41, 5.74) is 5.32. The van der Waals surface area contributed by atoms with E-state index >= 15 is 0 Å². The van der Waals surface area contributed by atoms with Gasteiger partial charge in [-0.2, -0.15) is 0 Å². The maximum Gasteiger partial charge on any atom is 0.354 e. The van der Waals surface area contributed by atoms with Crippen LogP contribution in [0.3, 0.4) is 0 Å². The second-order valence-corrected chi connectivity index (χ2v) is 8.62. The molecule has 4 rings (SSSR count). The number of carbonyl (C=O) groups excluding carboxylic acids is 1. The number of rotatable bonds is 9. The number of esters is 1. The van der Waals surface area contributed by atoms with E-state index in [-0.39, 0.29) is 12.0 Å². The summed E-state index contributed by atoms with van der Waals surface area (Å²) in [7, 11) is 0. The zero-order chi connectivity index (χ0) is 23.2. The lowest BCUT2D eigenvalue weighted by Crippen LogP contribution is -2.30. The average Bonchev–Trinajstić information content (AvgIpc) is 3.18. The van der Waals surface area contributed by atoms with E-state index in [1.807, 2.05) is 37.3 Å². The first kappa shape index (κ1) is 22.8. The molecule has 0 aliphatic carbocycles. The summed E-state index contributed by atoms with van der Waals surface area (Å²) in [6.07, 6.45) is 0.908. The summed E-state index contributed by atoms with van der Waals surface area (Å²) in [5, 5.41) is 4.76. The molecule has 1 heterocycles. The molecule has 0 saturated heterocycles. The van der Waals surface area contributed by atoms with Crippen LogP contribution in [0.4, 0.5) is 0 Å². The van der Waals surface area contributed by atoms with Crippen LogP contribution in [0.2, 0.25) is 0 Å². The van der Waals surface area contributed by atoms with E-state index in [4.69, 9.17) is 4.74 Å². The van der Waals surface area contributed by atoms with Crippen molar-refractivity contribution in [2.75, 3.05) is 6.61 Å². The Balaban J connectivity index is 1.57. The molecule has 2 atom stereocenters. The Hall–Kier alpha value is -3.37. The Labute approximate surface area is 196 Å². The molecule has 0 bridgehead atoms. The van der Waals surface area contributed by atoms with Crippen LogP contribution in [0.15, 0.2) is 84.9 Å². The molecule has 170 valence electrons. The van der Waals surface area contributed by atoms with Gasteiger partial charge in [-0.05, 0) is 62.1 Å². The highest BCUT2D eigenvalue weighted by atomic mass is 16.5. The predicted molar refractivity (Wildman–Crippen MR) is 135 cm³/mol. The number of fused-ring (bicyclic) bond motifs is 1. The van der Waals surface area contributed by atoms with Gasteiger partial charge in [-0.3, -0.25) is 0 Å². The molecule has 33 heavy (non-hydrogen) atoms. The zero-order valence-corrected chi connectivity index (χ0v) is 19.6. The number of nitrogens with one attached hydrogen (secondary N) is 1. The fourth-order valence-corrected chi connectivity index (χ4v) is 4.44. The maximum absolute atomic E-state index is 12.7. The van der Waals surface area contributed by atoms with Crippen LogP contribution in [-0.4, -0.2) is 23.2 Å². The molecule has 0 amide bonds. The van der Waals surface area contributed by atoms with Crippen LogP contribution in [0, 0.1) is 0 Å². The van der Waals surface area contributed by atoms with Gasteiger partial charge in [0.1, 0.15) is 5.69 Å². The number of nitrogens with zero attached hydrogens (tertiary/aromatic N) is 1. The first-order valence-corrected chi connectivity index (χ1v) is 11.7. The molecule has 0 aliphatic heterocycles. The van der Waals surface area contributed by atoms with Crippen molar-refractivity contribution in [1.82, 2.24) is 9.88 Å². The van der Waals surface area contributed by atoms with E-state index in [0.29, 0.717) is 24.9 Å². The van der Waals surface area contributed by atoms with Crippen molar-refractivity contribution in [3.8, 4) is 0 Å². The second-order valence-electron chi connectivity index (χ2n) is 8.62. The third-order valence-corrected chi connectivity index (χ3v) is 6.01. The minimum absolute atomic E-state index is 0.280. The number of carbonyl (C=O) groups is 1. The first-order chi connectivity index (χ1) is 16.0. The molecular formula is C29H32N2O2. The maximum atomic E-state index is 12.7. The Bertz CT molecular complexity index is 1200. The van der Waals surface area contributed by atoms with E-state index in [9.17, 15) is 4.79 Å². The number of aromatic nitrogens is 1. The molecule has 1 N–H and O–H groups in total. The average molecular weight is 441 g/mol. The molecule has 1 aromatic heterocycles. The van der Waals surface area contributed by atoms with Gasteiger partial charge >= 0.3 is 5.97 Å². The van der Waals surface area contributed by atoms with Crippen molar-refractivity contribution in [2.45, 2.75) is 45.8 Å². The van der Waals surface area contributed by atoms with Crippen molar-refractivity contribution in [3.63, 3.8) is 0 Å².